The molecule has 0 radical (unpaired) electrons. The molecule has 0 saturated carbocycles. The molecule has 2 rings (SSSR count). The molecule has 1 saturated heterocycles. The van der Waals surface area contributed by atoms with E-state index in [2.05, 4.69) is 5.32 Å². The highest BCUT2D eigenvalue weighted by atomic mass is 19.1. The van der Waals surface area contributed by atoms with Gasteiger partial charge in [-0.2, -0.15) is 0 Å². The second kappa shape index (κ2) is 5.36. The van der Waals surface area contributed by atoms with Crippen LogP contribution in [0.1, 0.15) is 18.4 Å². The third-order valence-electron chi connectivity index (χ3n) is 3.34. The van der Waals surface area contributed by atoms with Crippen molar-refractivity contribution in [1.29, 1.82) is 0 Å². The fourth-order valence-corrected chi connectivity index (χ4v) is 2.34. The lowest BCUT2D eigenvalue weighted by atomic mass is 9.90. The molecule has 1 aromatic rings. The summed E-state index contributed by atoms with van der Waals surface area (Å²) in [6.07, 6.45) is 2.97. The number of hydrogen-bond acceptors (Lipinski definition) is 3. The van der Waals surface area contributed by atoms with Gasteiger partial charge in [-0.25, -0.2) is 4.39 Å². The zero-order valence-electron chi connectivity index (χ0n) is 10.0. The number of aromatic hydroxyl groups is 1. The van der Waals surface area contributed by atoms with Crippen molar-refractivity contribution >= 4 is 0 Å². The third kappa shape index (κ3) is 2.69. The molecule has 1 fully saturated rings. The van der Waals surface area contributed by atoms with Gasteiger partial charge in [-0.05, 0) is 49.9 Å². The first-order valence-electron chi connectivity index (χ1n) is 5.97. The highest BCUT2D eigenvalue weighted by Gasteiger charge is 2.18. The first-order chi connectivity index (χ1) is 8.22. The summed E-state index contributed by atoms with van der Waals surface area (Å²) in [6.45, 7) is 2.04. The van der Waals surface area contributed by atoms with Gasteiger partial charge in [-0.1, -0.05) is 6.07 Å². The number of piperidine rings is 1. The Morgan fingerprint density at radius 1 is 1.41 bits per heavy atom. The molecule has 4 heteroatoms. The highest BCUT2D eigenvalue weighted by molar-refractivity contribution is 5.46. The average molecular weight is 239 g/mol. The van der Waals surface area contributed by atoms with E-state index in [0.717, 1.165) is 37.9 Å². The molecule has 0 spiro atoms. The van der Waals surface area contributed by atoms with Crippen molar-refractivity contribution in [2.45, 2.75) is 19.3 Å². The van der Waals surface area contributed by atoms with E-state index in [1.165, 1.54) is 13.2 Å². The summed E-state index contributed by atoms with van der Waals surface area (Å²) >= 11 is 0. The molecular weight excluding hydrogens is 221 g/mol. The predicted octanol–water partition coefficient (Wildman–Crippen LogP) is 2.08. The van der Waals surface area contributed by atoms with Crippen molar-refractivity contribution < 1.29 is 14.2 Å². The van der Waals surface area contributed by atoms with E-state index in [1.54, 1.807) is 6.07 Å². The lowest BCUT2D eigenvalue weighted by Gasteiger charge is -2.23. The predicted molar refractivity (Wildman–Crippen MR) is 63.9 cm³/mol. The molecule has 1 heterocycles. The molecule has 2 N–H and O–H groups in total. The summed E-state index contributed by atoms with van der Waals surface area (Å²) in [4.78, 5) is 0. The first-order valence-corrected chi connectivity index (χ1v) is 5.97. The van der Waals surface area contributed by atoms with Crippen LogP contribution >= 0.6 is 0 Å². The maximum Gasteiger partial charge on any atom is 0.196 e. The van der Waals surface area contributed by atoms with Crippen LogP contribution in [0.5, 0.6) is 11.5 Å². The summed E-state index contributed by atoms with van der Waals surface area (Å²) in [5.74, 6) is -0.0566. The van der Waals surface area contributed by atoms with Crippen molar-refractivity contribution in [2.75, 3.05) is 20.2 Å². The van der Waals surface area contributed by atoms with Gasteiger partial charge >= 0.3 is 0 Å². The van der Waals surface area contributed by atoms with E-state index in [1.807, 2.05) is 0 Å². The van der Waals surface area contributed by atoms with Crippen LogP contribution in [0.15, 0.2) is 12.1 Å². The number of phenols is 1. The number of hydrogen-bond donors (Lipinski definition) is 2. The molecule has 1 aliphatic rings. The molecule has 0 amide bonds. The van der Waals surface area contributed by atoms with Gasteiger partial charge in [-0.3, -0.25) is 0 Å². The molecule has 0 aromatic heterocycles. The van der Waals surface area contributed by atoms with Gasteiger partial charge in [0.1, 0.15) is 0 Å². The van der Waals surface area contributed by atoms with Crippen molar-refractivity contribution in [1.82, 2.24) is 5.32 Å². The van der Waals surface area contributed by atoms with Gasteiger partial charge in [0.2, 0.25) is 0 Å². The molecule has 0 atom stereocenters. The fourth-order valence-electron chi connectivity index (χ4n) is 2.34. The first kappa shape index (κ1) is 12.2. The Morgan fingerprint density at radius 3 is 2.76 bits per heavy atom. The maximum absolute atomic E-state index is 13.3. The topological polar surface area (TPSA) is 41.5 Å². The minimum absolute atomic E-state index is 0.0450. The molecule has 1 aromatic carbocycles. The van der Waals surface area contributed by atoms with E-state index < -0.39 is 5.82 Å². The Morgan fingerprint density at radius 2 is 2.12 bits per heavy atom. The van der Waals surface area contributed by atoms with Crippen LogP contribution in [-0.4, -0.2) is 25.3 Å². The number of benzene rings is 1. The smallest absolute Gasteiger partial charge is 0.196 e. The lowest BCUT2D eigenvalue weighted by Crippen LogP contribution is -2.28. The molecule has 3 nitrogen and oxygen atoms in total. The minimum atomic E-state index is -0.515. The Balaban J connectivity index is 2.15. The number of methoxy groups -OCH3 is 1. The van der Waals surface area contributed by atoms with Crippen LogP contribution in [0.25, 0.3) is 0 Å². The maximum atomic E-state index is 13.3. The zero-order chi connectivity index (χ0) is 12.3. The zero-order valence-corrected chi connectivity index (χ0v) is 10.0. The van der Waals surface area contributed by atoms with Gasteiger partial charge < -0.3 is 15.2 Å². The molecule has 1 aliphatic heterocycles. The van der Waals surface area contributed by atoms with E-state index in [-0.39, 0.29) is 11.5 Å². The molecule has 94 valence electrons. The number of ether oxygens (including phenoxy) is 1. The Kier molecular flexibility index (Phi) is 3.84. The molecular formula is C13H18FNO2. The molecule has 0 bridgehead atoms. The highest BCUT2D eigenvalue weighted by Crippen LogP contribution is 2.34. The molecule has 0 unspecified atom stereocenters. The minimum Gasteiger partial charge on any atom is -0.504 e. The fraction of sp³-hybridized carbons (Fsp3) is 0.538. The normalized spacial score (nSPS) is 17.1. The summed E-state index contributed by atoms with van der Waals surface area (Å²) in [5.41, 5.74) is 0.773. The SMILES string of the molecule is COc1c(F)ccc(CC2CCNCC2)c1O. The third-order valence-corrected chi connectivity index (χ3v) is 3.34. The molecule has 0 aliphatic carbocycles. The van der Waals surface area contributed by atoms with Crippen molar-refractivity contribution in [3.05, 3.63) is 23.5 Å². The van der Waals surface area contributed by atoms with Gasteiger partial charge in [0.15, 0.2) is 17.3 Å². The van der Waals surface area contributed by atoms with E-state index >= 15 is 0 Å². The van der Waals surface area contributed by atoms with Crippen LogP contribution in [0.3, 0.4) is 0 Å². The Bertz CT molecular complexity index is 389. The van der Waals surface area contributed by atoms with E-state index in [0.29, 0.717) is 5.92 Å². The Hall–Kier alpha value is -1.29. The van der Waals surface area contributed by atoms with Gasteiger partial charge in [0.25, 0.3) is 0 Å². The van der Waals surface area contributed by atoms with Crippen LogP contribution < -0.4 is 10.1 Å². The van der Waals surface area contributed by atoms with Gasteiger partial charge in [0, 0.05) is 0 Å². The standard InChI is InChI=1S/C13H18FNO2/c1-17-13-11(14)3-2-10(12(13)16)8-9-4-6-15-7-5-9/h2-3,9,15-16H,4-8H2,1H3. The second-order valence-electron chi connectivity index (χ2n) is 4.49. The van der Waals surface area contributed by atoms with E-state index in [9.17, 15) is 9.50 Å². The monoisotopic (exact) mass is 239 g/mol. The van der Waals surface area contributed by atoms with E-state index in [4.69, 9.17) is 4.74 Å². The summed E-state index contributed by atoms with van der Waals surface area (Å²) < 4.78 is 18.2. The van der Waals surface area contributed by atoms with Crippen LogP contribution in [0, 0.1) is 11.7 Å². The largest absolute Gasteiger partial charge is 0.504 e. The number of rotatable bonds is 3. The van der Waals surface area contributed by atoms with Gasteiger partial charge in [-0.15, -0.1) is 0 Å². The summed E-state index contributed by atoms with van der Waals surface area (Å²) in [6, 6.07) is 3.00. The van der Waals surface area contributed by atoms with Crippen LogP contribution in [0.4, 0.5) is 4.39 Å². The van der Waals surface area contributed by atoms with Gasteiger partial charge in [0.05, 0.1) is 7.11 Å². The second-order valence-corrected chi connectivity index (χ2v) is 4.49. The van der Waals surface area contributed by atoms with Crippen LogP contribution in [-0.2, 0) is 6.42 Å². The summed E-state index contributed by atoms with van der Waals surface area (Å²) in [5, 5.41) is 13.2. The Labute approximate surface area is 101 Å². The van der Waals surface area contributed by atoms with Crippen molar-refractivity contribution in [2.24, 2.45) is 5.92 Å². The average Bonchev–Trinajstić information content (AvgIpc) is 2.35. The van der Waals surface area contributed by atoms with Crippen LogP contribution in [0.2, 0.25) is 0 Å². The lowest BCUT2D eigenvalue weighted by molar-refractivity contribution is 0.339. The number of phenolic OH excluding ortho intramolecular Hbond substituents is 1. The molecule has 17 heavy (non-hydrogen) atoms. The van der Waals surface area contributed by atoms with Crippen molar-refractivity contribution in [3.63, 3.8) is 0 Å². The van der Waals surface area contributed by atoms with Crippen molar-refractivity contribution in [3.8, 4) is 11.5 Å². The number of halogens is 1. The number of nitrogens with one attached hydrogen (secondary N) is 1. The quantitative estimate of drug-likeness (QED) is 0.848. The summed E-state index contributed by atoms with van der Waals surface area (Å²) in [7, 11) is 1.37.